The maximum Gasteiger partial charge on any atom is 0.220 e. The molecule has 0 aliphatic heterocycles. The minimum Gasteiger partial charge on any atom is -0.355 e. The number of halogens is 1. The predicted molar refractivity (Wildman–Crippen MR) is 71.4 cm³/mol. The van der Waals surface area contributed by atoms with Crippen molar-refractivity contribution in [1.29, 1.82) is 0 Å². The third-order valence-electron chi connectivity index (χ3n) is 2.30. The second-order valence-electron chi connectivity index (χ2n) is 3.47. The lowest BCUT2D eigenvalue weighted by Gasteiger charge is -2.05. The van der Waals surface area contributed by atoms with E-state index in [2.05, 4.69) is 47.0 Å². The SMILES string of the molecule is Cc1ccccc1CCC(=O)NCCI. The van der Waals surface area contributed by atoms with E-state index in [9.17, 15) is 4.79 Å². The minimum absolute atomic E-state index is 0.148. The van der Waals surface area contributed by atoms with Crippen LogP contribution in [0.15, 0.2) is 24.3 Å². The molecule has 1 aromatic rings. The highest BCUT2D eigenvalue weighted by atomic mass is 127. The van der Waals surface area contributed by atoms with Gasteiger partial charge in [-0.3, -0.25) is 4.79 Å². The number of carbonyl (C=O) groups excluding carboxylic acids is 1. The van der Waals surface area contributed by atoms with Crippen molar-refractivity contribution >= 4 is 28.5 Å². The number of benzene rings is 1. The van der Waals surface area contributed by atoms with Gasteiger partial charge < -0.3 is 5.32 Å². The molecule has 1 amide bonds. The van der Waals surface area contributed by atoms with E-state index in [1.165, 1.54) is 11.1 Å². The predicted octanol–water partition coefficient (Wildman–Crippen LogP) is 2.48. The molecule has 0 heterocycles. The summed E-state index contributed by atoms with van der Waals surface area (Å²) in [7, 11) is 0. The average Bonchev–Trinajstić information content (AvgIpc) is 2.25. The van der Waals surface area contributed by atoms with Crippen LogP contribution in [0.4, 0.5) is 0 Å². The van der Waals surface area contributed by atoms with E-state index in [4.69, 9.17) is 0 Å². The summed E-state index contributed by atoms with van der Waals surface area (Å²) in [5.74, 6) is 0.148. The molecule has 0 aliphatic rings. The molecule has 0 atom stereocenters. The van der Waals surface area contributed by atoms with Gasteiger partial charge in [0, 0.05) is 17.4 Å². The molecule has 0 bridgehead atoms. The zero-order valence-electron chi connectivity index (χ0n) is 8.92. The summed E-state index contributed by atoms with van der Waals surface area (Å²) in [5, 5.41) is 2.88. The molecule has 0 fully saturated rings. The Kier molecular flexibility index (Phi) is 5.68. The van der Waals surface area contributed by atoms with Crippen LogP contribution in [0.2, 0.25) is 0 Å². The van der Waals surface area contributed by atoms with Crippen molar-refractivity contribution in [3.63, 3.8) is 0 Å². The molecule has 0 spiro atoms. The number of amides is 1. The summed E-state index contributed by atoms with van der Waals surface area (Å²) in [6, 6.07) is 8.21. The fraction of sp³-hybridized carbons (Fsp3) is 0.417. The largest absolute Gasteiger partial charge is 0.355 e. The van der Waals surface area contributed by atoms with Crippen LogP contribution < -0.4 is 5.32 Å². The minimum atomic E-state index is 0.148. The smallest absolute Gasteiger partial charge is 0.220 e. The molecule has 0 aromatic heterocycles. The summed E-state index contributed by atoms with van der Waals surface area (Å²) in [6.45, 7) is 2.85. The topological polar surface area (TPSA) is 29.1 Å². The van der Waals surface area contributed by atoms with Crippen LogP contribution in [-0.2, 0) is 11.2 Å². The van der Waals surface area contributed by atoms with Crippen molar-refractivity contribution < 1.29 is 4.79 Å². The van der Waals surface area contributed by atoms with Crippen LogP contribution in [0, 0.1) is 6.92 Å². The number of hydrogen-bond acceptors (Lipinski definition) is 1. The van der Waals surface area contributed by atoms with Gasteiger partial charge in [0.2, 0.25) is 5.91 Å². The van der Waals surface area contributed by atoms with Gasteiger partial charge in [-0.05, 0) is 24.5 Å². The van der Waals surface area contributed by atoms with E-state index < -0.39 is 0 Å². The molecule has 15 heavy (non-hydrogen) atoms. The van der Waals surface area contributed by atoms with Crippen LogP contribution in [0.25, 0.3) is 0 Å². The normalized spacial score (nSPS) is 10.0. The van der Waals surface area contributed by atoms with Crippen molar-refractivity contribution in [2.75, 3.05) is 11.0 Å². The van der Waals surface area contributed by atoms with E-state index in [-0.39, 0.29) is 5.91 Å². The van der Waals surface area contributed by atoms with Gasteiger partial charge in [-0.1, -0.05) is 46.9 Å². The highest BCUT2D eigenvalue weighted by molar-refractivity contribution is 14.1. The summed E-state index contributed by atoms with van der Waals surface area (Å²) in [5.41, 5.74) is 2.53. The van der Waals surface area contributed by atoms with Gasteiger partial charge in [0.25, 0.3) is 0 Å². The maximum atomic E-state index is 11.4. The van der Waals surface area contributed by atoms with Gasteiger partial charge in [-0.15, -0.1) is 0 Å². The molecule has 0 radical (unpaired) electrons. The Labute approximate surface area is 105 Å². The number of rotatable bonds is 5. The van der Waals surface area contributed by atoms with Gasteiger partial charge in [0.15, 0.2) is 0 Å². The van der Waals surface area contributed by atoms with Crippen molar-refractivity contribution in [2.45, 2.75) is 19.8 Å². The van der Waals surface area contributed by atoms with Gasteiger partial charge in [-0.2, -0.15) is 0 Å². The quantitative estimate of drug-likeness (QED) is 0.656. The van der Waals surface area contributed by atoms with Crippen LogP contribution in [0.5, 0.6) is 0 Å². The summed E-state index contributed by atoms with van der Waals surface area (Å²) in [4.78, 5) is 11.4. The van der Waals surface area contributed by atoms with Gasteiger partial charge in [0.05, 0.1) is 0 Å². The number of nitrogens with one attached hydrogen (secondary N) is 1. The first-order valence-corrected chi connectivity index (χ1v) is 6.63. The van der Waals surface area contributed by atoms with E-state index in [1.54, 1.807) is 0 Å². The molecule has 82 valence electrons. The fourth-order valence-electron chi connectivity index (χ4n) is 1.41. The first kappa shape index (κ1) is 12.5. The first-order chi connectivity index (χ1) is 7.24. The van der Waals surface area contributed by atoms with E-state index in [0.717, 1.165) is 17.4 Å². The monoisotopic (exact) mass is 317 g/mol. The molecule has 1 N–H and O–H groups in total. The van der Waals surface area contributed by atoms with Crippen molar-refractivity contribution in [3.05, 3.63) is 35.4 Å². The number of aryl methyl sites for hydroxylation is 2. The Morgan fingerprint density at radius 2 is 2.13 bits per heavy atom. The second kappa shape index (κ2) is 6.82. The van der Waals surface area contributed by atoms with Gasteiger partial charge in [-0.25, -0.2) is 0 Å². The van der Waals surface area contributed by atoms with E-state index in [1.807, 2.05) is 12.1 Å². The Balaban J connectivity index is 2.37. The van der Waals surface area contributed by atoms with E-state index >= 15 is 0 Å². The van der Waals surface area contributed by atoms with Crippen LogP contribution in [0.3, 0.4) is 0 Å². The summed E-state index contributed by atoms with van der Waals surface area (Å²) in [6.07, 6.45) is 1.42. The Morgan fingerprint density at radius 3 is 2.80 bits per heavy atom. The van der Waals surface area contributed by atoms with Crippen LogP contribution >= 0.6 is 22.6 Å². The standard InChI is InChI=1S/C12H16INO/c1-10-4-2-3-5-11(10)6-7-12(15)14-9-8-13/h2-5H,6-9H2,1H3,(H,14,15). The van der Waals surface area contributed by atoms with Crippen molar-refractivity contribution in [1.82, 2.24) is 5.32 Å². The Bertz CT molecular complexity index is 325. The van der Waals surface area contributed by atoms with Crippen LogP contribution in [0.1, 0.15) is 17.5 Å². The molecule has 0 saturated carbocycles. The highest BCUT2D eigenvalue weighted by Gasteiger charge is 2.02. The molecule has 0 aliphatic carbocycles. The Morgan fingerprint density at radius 1 is 1.40 bits per heavy atom. The third-order valence-corrected chi connectivity index (χ3v) is 2.84. The molecular formula is C12H16INO. The Hall–Kier alpha value is -0.580. The fourth-order valence-corrected chi connectivity index (χ4v) is 1.68. The lowest BCUT2D eigenvalue weighted by molar-refractivity contribution is -0.120. The third kappa shape index (κ3) is 4.64. The number of hydrogen-bond donors (Lipinski definition) is 1. The van der Waals surface area contributed by atoms with Crippen molar-refractivity contribution in [3.8, 4) is 0 Å². The lowest BCUT2D eigenvalue weighted by atomic mass is 10.0. The molecular weight excluding hydrogens is 301 g/mol. The molecule has 0 unspecified atom stereocenters. The zero-order valence-corrected chi connectivity index (χ0v) is 11.1. The molecule has 1 aromatic carbocycles. The summed E-state index contributed by atoms with van der Waals surface area (Å²) >= 11 is 2.25. The molecule has 2 nitrogen and oxygen atoms in total. The van der Waals surface area contributed by atoms with Gasteiger partial charge >= 0.3 is 0 Å². The maximum absolute atomic E-state index is 11.4. The first-order valence-electron chi connectivity index (χ1n) is 5.11. The molecule has 0 saturated heterocycles. The van der Waals surface area contributed by atoms with Crippen molar-refractivity contribution in [2.24, 2.45) is 0 Å². The zero-order chi connectivity index (χ0) is 11.1. The highest BCUT2D eigenvalue weighted by Crippen LogP contribution is 2.09. The van der Waals surface area contributed by atoms with Gasteiger partial charge in [0.1, 0.15) is 0 Å². The average molecular weight is 317 g/mol. The second-order valence-corrected chi connectivity index (χ2v) is 4.54. The molecule has 1 rings (SSSR count). The summed E-state index contributed by atoms with van der Waals surface area (Å²) < 4.78 is 0.966. The van der Waals surface area contributed by atoms with Crippen LogP contribution in [-0.4, -0.2) is 16.9 Å². The molecule has 3 heteroatoms. The lowest BCUT2D eigenvalue weighted by Crippen LogP contribution is -2.25. The van der Waals surface area contributed by atoms with E-state index in [0.29, 0.717) is 6.42 Å². The number of alkyl halides is 1. The number of carbonyl (C=O) groups is 1.